The summed E-state index contributed by atoms with van der Waals surface area (Å²) in [6.45, 7) is 4.15. The van der Waals surface area contributed by atoms with Crippen molar-refractivity contribution in [2.45, 2.75) is 11.4 Å². The molecule has 0 saturated carbocycles. The Morgan fingerprint density at radius 2 is 1.71 bits per heavy atom. The summed E-state index contributed by atoms with van der Waals surface area (Å²) < 4.78 is 48.0. The number of sulfonamides is 1. The number of methoxy groups -OCH3 is 3. The van der Waals surface area contributed by atoms with Gasteiger partial charge in [-0.2, -0.15) is 8.42 Å². The van der Waals surface area contributed by atoms with Crippen LogP contribution in [0.2, 0.25) is 0 Å². The molecule has 0 radical (unpaired) electrons. The van der Waals surface area contributed by atoms with Crippen molar-refractivity contribution in [3.05, 3.63) is 53.9 Å². The van der Waals surface area contributed by atoms with Gasteiger partial charge in [0, 0.05) is 18.7 Å². The quantitative estimate of drug-likeness (QED) is 0.549. The maximum absolute atomic E-state index is 12.8. The van der Waals surface area contributed by atoms with E-state index in [1.807, 2.05) is 0 Å². The minimum absolute atomic E-state index is 0.0890. The highest BCUT2D eigenvalue weighted by Crippen LogP contribution is 2.33. The average Bonchev–Trinajstić information content (AvgIpc) is 3.02. The van der Waals surface area contributed by atoms with Crippen molar-refractivity contribution in [1.82, 2.24) is 4.57 Å². The van der Waals surface area contributed by atoms with Gasteiger partial charge in [-0.1, -0.05) is 17.4 Å². The first-order valence-corrected chi connectivity index (χ1v) is 10.5. The lowest BCUT2D eigenvalue weighted by Crippen LogP contribution is -2.16. The fourth-order valence-corrected chi connectivity index (χ4v) is 4.93. The van der Waals surface area contributed by atoms with E-state index < -0.39 is 10.0 Å². The van der Waals surface area contributed by atoms with Gasteiger partial charge in [-0.05, 0) is 24.3 Å². The molecule has 9 heteroatoms. The molecule has 0 amide bonds. The lowest BCUT2D eigenvalue weighted by Gasteiger charge is -2.08. The molecule has 28 heavy (non-hydrogen) atoms. The van der Waals surface area contributed by atoms with Crippen molar-refractivity contribution in [2.24, 2.45) is 4.40 Å². The molecule has 1 heterocycles. The minimum atomic E-state index is -3.90. The maximum atomic E-state index is 12.8. The molecule has 0 aliphatic rings. The number of nitrogens with zero attached hydrogens (tertiary/aromatic N) is 2. The van der Waals surface area contributed by atoms with Gasteiger partial charge in [0.1, 0.15) is 5.75 Å². The molecule has 0 spiro atoms. The number of thiazole rings is 1. The van der Waals surface area contributed by atoms with E-state index in [-0.39, 0.29) is 4.90 Å². The van der Waals surface area contributed by atoms with E-state index in [0.29, 0.717) is 28.6 Å². The smallest absolute Gasteiger partial charge is 0.285 e. The van der Waals surface area contributed by atoms with E-state index in [1.54, 1.807) is 49.1 Å². The number of hydrogen-bond acceptors (Lipinski definition) is 6. The van der Waals surface area contributed by atoms with Crippen LogP contribution in [0.5, 0.6) is 17.2 Å². The molecule has 0 aliphatic carbocycles. The van der Waals surface area contributed by atoms with Crippen LogP contribution in [-0.2, 0) is 16.6 Å². The third kappa shape index (κ3) is 3.76. The number of rotatable bonds is 7. The maximum Gasteiger partial charge on any atom is 0.285 e. The Balaban J connectivity index is 2.22. The van der Waals surface area contributed by atoms with Crippen molar-refractivity contribution in [3.63, 3.8) is 0 Å². The zero-order valence-electron chi connectivity index (χ0n) is 15.7. The molecule has 3 aromatic rings. The second kappa shape index (κ2) is 8.07. The third-order valence-electron chi connectivity index (χ3n) is 4.06. The fraction of sp³-hybridized carbons (Fsp3) is 0.211. The Labute approximate surface area is 167 Å². The first-order chi connectivity index (χ1) is 13.4. The Bertz CT molecular complexity index is 1180. The molecule has 0 N–H and O–H groups in total. The summed E-state index contributed by atoms with van der Waals surface area (Å²) >= 11 is 1.25. The molecular weight excluding hydrogens is 400 g/mol. The average molecular weight is 421 g/mol. The summed E-state index contributed by atoms with van der Waals surface area (Å²) in [5.74, 6) is 1.68. The SMILES string of the molecule is C=CCn1c(=NS(=O)(=O)c2ccc(OC)cc2)sc2cc(OC)c(OC)cc21. The summed E-state index contributed by atoms with van der Waals surface area (Å²) in [5.41, 5.74) is 0.784. The van der Waals surface area contributed by atoms with Crippen molar-refractivity contribution in [2.75, 3.05) is 21.3 Å². The Morgan fingerprint density at radius 3 is 2.29 bits per heavy atom. The van der Waals surface area contributed by atoms with Crippen LogP contribution < -0.4 is 19.0 Å². The summed E-state index contributed by atoms with van der Waals surface area (Å²) in [7, 11) is 0.723. The topological polar surface area (TPSA) is 79.1 Å². The van der Waals surface area contributed by atoms with E-state index in [1.165, 1.54) is 30.6 Å². The summed E-state index contributed by atoms with van der Waals surface area (Å²) in [6.07, 6.45) is 1.68. The third-order valence-corrected chi connectivity index (χ3v) is 6.49. The Morgan fingerprint density at radius 1 is 1.07 bits per heavy atom. The van der Waals surface area contributed by atoms with Gasteiger partial charge in [0.05, 0.1) is 36.4 Å². The molecule has 0 unspecified atom stereocenters. The number of aromatic nitrogens is 1. The normalized spacial score (nSPS) is 12.2. The lowest BCUT2D eigenvalue weighted by molar-refractivity contribution is 0.355. The number of fused-ring (bicyclic) bond motifs is 1. The van der Waals surface area contributed by atoms with Crippen molar-refractivity contribution in [3.8, 4) is 17.2 Å². The molecule has 0 fully saturated rings. The van der Waals surface area contributed by atoms with Gasteiger partial charge in [0.15, 0.2) is 11.5 Å². The van der Waals surface area contributed by atoms with Crippen LogP contribution in [0.3, 0.4) is 0 Å². The van der Waals surface area contributed by atoms with Crippen LogP contribution in [0.4, 0.5) is 0 Å². The Hall–Kier alpha value is -2.78. The molecule has 0 saturated heterocycles. The highest BCUT2D eigenvalue weighted by atomic mass is 32.2. The lowest BCUT2D eigenvalue weighted by atomic mass is 10.3. The number of allylic oxidation sites excluding steroid dienone is 1. The van der Waals surface area contributed by atoms with Crippen LogP contribution in [0.15, 0.2) is 58.3 Å². The highest BCUT2D eigenvalue weighted by Gasteiger charge is 2.16. The highest BCUT2D eigenvalue weighted by molar-refractivity contribution is 7.90. The van der Waals surface area contributed by atoms with Gasteiger partial charge in [-0.25, -0.2) is 0 Å². The Kier molecular flexibility index (Phi) is 5.76. The summed E-state index contributed by atoms with van der Waals surface area (Å²) in [5, 5.41) is 0. The zero-order chi connectivity index (χ0) is 20.3. The van der Waals surface area contributed by atoms with Gasteiger partial charge in [0.25, 0.3) is 10.0 Å². The van der Waals surface area contributed by atoms with E-state index in [2.05, 4.69) is 11.0 Å². The molecule has 0 bridgehead atoms. The predicted molar refractivity (Wildman–Crippen MR) is 109 cm³/mol. The minimum Gasteiger partial charge on any atom is -0.497 e. The summed E-state index contributed by atoms with van der Waals surface area (Å²) in [4.78, 5) is 0.423. The molecule has 1 aromatic heterocycles. The molecule has 2 aromatic carbocycles. The van der Waals surface area contributed by atoms with Gasteiger partial charge in [-0.15, -0.1) is 11.0 Å². The molecule has 0 aliphatic heterocycles. The van der Waals surface area contributed by atoms with Gasteiger partial charge >= 0.3 is 0 Å². The largest absolute Gasteiger partial charge is 0.497 e. The van der Waals surface area contributed by atoms with Crippen LogP contribution in [0.25, 0.3) is 10.2 Å². The van der Waals surface area contributed by atoms with E-state index >= 15 is 0 Å². The van der Waals surface area contributed by atoms with Gasteiger partial charge < -0.3 is 18.8 Å². The number of hydrogen-bond donors (Lipinski definition) is 0. The monoisotopic (exact) mass is 420 g/mol. The van der Waals surface area contributed by atoms with Gasteiger partial charge in [0.2, 0.25) is 4.80 Å². The molecule has 7 nitrogen and oxygen atoms in total. The van der Waals surface area contributed by atoms with E-state index in [4.69, 9.17) is 14.2 Å². The first-order valence-electron chi connectivity index (χ1n) is 8.25. The second-order valence-electron chi connectivity index (χ2n) is 5.70. The number of ether oxygens (including phenoxy) is 3. The fourth-order valence-electron chi connectivity index (χ4n) is 2.68. The summed E-state index contributed by atoms with van der Waals surface area (Å²) in [6, 6.07) is 9.70. The van der Waals surface area contributed by atoms with Crippen LogP contribution in [0, 0.1) is 0 Å². The molecular formula is C19H20N2O5S2. The van der Waals surface area contributed by atoms with Crippen molar-refractivity contribution >= 4 is 31.6 Å². The van der Waals surface area contributed by atoms with Crippen molar-refractivity contribution in [1.29, 1.82) is 0 Å². The predicted octanol–water partition coefficient (Wildman–Crippen LogP) is 3.20. The number of benzene rings is 2. The van der Waals surface area contributed by atoms with Crippen LogP contribution in [0.1, 0.15) is 0 Å². The zero-order valence-corrected chi connectivity index (χ0v) is 17.3. The molecule has 0 atom stereocenters. The van der Waals surface area contributed by atoms with Crippen LogP contribution in [-0.4, -0.2) is 34.3 Å². The first kappa shape index (κ1) is 20.0. The second-order valence-corrected chi connectivity index (χ2v) is 8.31. The standard InChI is InChI=1S/C19H20N2O5S2/c1-5-10-21-15-11-16(25-3)17(26-4)12-18(15)27-19(21)20-28(22,23)14-8-6-13(24-2)7-9-14/h5-9,11-12H,1,10H2,2-4H3. The van der Waals surface area contributed by atoms with E-state index in [9.17, 15) is 8.42 Å². The molecule has 3 rings (SSSR count). The molecule has 148 valence electrons. The van der Waals surface area contributed by atoms with Gasteiger partial charge in [-0.3, -0.25) is 0 Å². The van der Waals surface area contributed by atoms with E-state index in [0.717, 1.165) is 10.2 Å². The van der Waals surface area contributed by atoms with Crippen LogP contribution >= 0.6 is 11.3 Å². The van der Waals surface area contributed by atoms with Crippen molar-refractivity contribution < 1.29 is 22.6 Å².